The minimum absolute atomic E-state index is 0.235. The van der Waals surface area contributed by atoms with Gasteiger partial charge in [0.15, 0.2) is 0 Å². The molecule has 0 bridgehead atoms. The Balaban J connectivity index is 1.85. The summed E-state index contributed by atoms with van der Waals surface area (Å²) >= 11 is 0. The van der Waals surface area contributed by atoms with E-state index >= 15 is 0 Å². The standard InChI is InChI=1S/C18H30N2O/c1-15(2)14-20-11-8-17(9-12-20)19-18(10-13-21)16-6-4-3-5-7-16/h3-7,15,17-19,21H,8-14H2,1-2H3/t18-/m1/s1. The van der Waals surface area contributed by atoms with Gasteiger partial charge in [-0.15, -0.1) is 0 Å². The minimum Gasteiger partial charge on any atom is -0.396 e. The Morgan fingerprint density at radius 2 is 1.86 bits per heavy atom. The molecular weight excluding hydrogens is 260 g/mol. The molecule has 1 aliphatic heterocycles. The Labute approximate surface area is 129 Å². The number of rotatable bonds is 7. The molecule has 0 aromatic heterocycles. The number of benzene rings is 1. The minimum atomic E-state index is 0.235. The predicted octanol–water partition coefficient (Wildman–Crippen LogP) is 2.82. The topological polar surface area (TPSA) is 35.5 Å². The lowest BCUT2D eigenvalue weighted by Gasteiger charge is -2.35. The lowest BCUT2D eigenvalue weighted by Crippen LogP contribution is -2.44. The predicted molar refractivity (Wildman–Crippen MR) is 88.3 cm³/mol. The van der Waals surface area contributed by atoms with E-state index in [9.17, 15) is 5.11 Å². The van der Waals surface area contributed by atoms with Gasteiger partial charge in [-0.2, -0.15) is 0 Å². The molecule has 118 valence electrons. The normalized spacial score (nSPS) is 19.0. The Bertz CT molecular complexity index is 385. The molecule has 21 heavy (non-hydrogen) atoms. The van der Waals surface area contributed by atoms with Crippen molar-refractivity contribution in [3.05, 3.63) is 35.9 Å². The van der Waals surface area contributed by atoms with E-state index in [2.05, 4.69) is 48.3 Å². The number of piperidine rings is 1. The Hall–Kier alpha value is -0.900. The summed E-state index contributed by atoms with van der Waals surface area (Å²) in [5.41, 5.74) is 1.29. The van der Waals surface area contributed by atoms with Crippen molar-refractivity contribution in [2.75, 3.05) is 26.2 Å². The average molecular weight is 290 g/mol. The molecule has 0 aliphatic carbocycles. The Kier molecular flexibility index (Phi) is 6.68. The molecule has 1 aromatic carbocycles. The monoisotopic (exact) mass is 290 g/mol. The molecule has 0 unspecified atom stereocenters. The molecule has 0 radical (unpaired) electrons. The van der Waals surface area contributed by atoms with E-state index in [-0.39, 0.29) is 12.6 Å². The first kappa shape index (κ1) is 16.5. The van der Waals surface area contributed by atoms with Crippen LogP contribution in [0.2, 0.25) is 0 Å². The van der Waals surface area contributed by atoms with Gasteiger partial charge in [0.25, 0.3) is 0 Å². The van der Waals surface area contributed by atoms with Crippen LogP contribution in [0.15, 0.2) is 30.3 Å². The molecule has 1 atom stereocenters. The van der Waals surface area contributed by atoms with Crippen molar-refractivity contribution in [2.24, 2.45) is 5.92 Å². The van der Waals surface area contributed by atoms with E-state index in [0.717, 1.165) is 12.3 Å². The molecule has 2 rings (SSSR count). The zero-order valence-corrected chi connectivity index (χ0v) is 13.5. The molecule has 2 N–H and O–H groups in total. The summed E-state index contributed by atoms with van der Waals surface area (Å²) < 4.78 is 0. The van der Waals surface area contributed by atoms with Gasteiger partial charge in [0.1, 0.15) is 0 Å². The van der Waals surface area contributed by atoms with Crippen LogP contribution < -0.4 is 5.32 Å². The molecule has 1 aromatic rings. The highest BCUT2D eigenvalue weighted by Gasteiger charge is 2.22. The summed E-state index contributed by atoms with van der Waals surface area (Å²) in [6.45, 7) is 8.41. The van der Waals surface area contributed by atoms with E-state index in [1.54, 1.807) is 0 Å². The fourth-order valence-corrected chi connectivity index (χ4v) is 3.24. The zero-order valence-electron chi connectivity index (χ0n) is 13.5. The second-order valence-corrected chi connectivity index (χ2v) is 6.61. The summed E-state index contributed by atoms with van der Waals surface area (Å²) in [6.07, 6.45) is 3.21. The van der Waals surface area contributed by atoms with E-state index < -0.39 is 0 Å². The fraction of sp³-hybridized carbons (Fsp3) is 0.667. The number of hydrogen-bond donors (Lipinski definition) is 2. The van der Waals surface area contributed by atoms with Gasteiger partial charge in [-0.1, -0.05) is 44.2 Å². The summed E-state index contributed by atoms with van der Waals surface area (Å²) in [7, 11) is 0. The van der Waals surface area contributed by atoms with Crippen molar-refractivity contribution in [1.82, 2.24) is 10.2 Å². The van der Waals surface area contributed by atoms with E-state index in [1.165, 1.54) is 38.0 Å². The summed E-state index contributed by atoms with van der Waals surface area (Å²) in [4.78, 5) is 2.58. The lowest BCUT2D eigenvalue weighted by atomic mass is 9.98. The molecule has 1 heterocycles. The van der Waals surface area contributed by atoms with Crippen molar-refractivity contribution in [3.63, 3.8) is 0 Å². The maximum atomic E-state index is 9.32. The van der Waals surface area contributed by atoms with Gasteiger partial charge in [-0.3, -0.25) is 0 Å². The molecular formula is C18H30N2O. The third-order valence-corrected chi connectivity index (χ3v) is 4.27. The highest BCUT2D eigenvalue weighted by Crippen LogP contribution is 2.20. The molecule has 1 fully saturated rings. The van der Waals surface area contributed by atoms with Crippen LogP contribution in [0.3, 0.4) is 0 Å². The highest BCUT2D eigenvalue weighted by atomic mass is 16.3. The second kappa shape index (κ2) is 8.52. The van der Waals surface area contributed by atoms with Gasteiger partial charge in [0.2, 0.25) is 0 Å². The first-order chi connectivity index (χ1) is 10.2. The van der Waals surface area contributed by atoms with Crippen LogP contribution >= 0.6 is 0 Å². The second-order valence-electron chi connectivity index (χ2n) is 6.61. The van der Waals surface area contributed by atoms with Crippen LogP contribution in [-0.4, -0.2) is 42.3 Å². The molecule has 0 amide bonds. The van der Waals surface area contributed by atoms with Crippen molar-refractivity contribution < 1.29 is 5.11 Å². The van der Waals surface area contributed by atoms with Crippen LogP contribution in [0.1, 0.15) is 44.7 Å². The smallest absolute Gasteiger partial charge is 0.0449 e. The highest BCUT2D eigenvalue weighted by molar-refractivity contribution is 5.19. The zero-order chi connectivity index (χ0) is 15.1. The molecule has 3 nitrogen and oxygen atoms in total. The molecule has 3 heteroatoms. The van der Waals surface area contributed by atoms with E-state index in [4.69, 9.17) is 0 Å². The Morgan fingerprint density at radius 1 is 1.19 bits per heavy atom. The number of hydrogen-bond acceptors (Lipinski definition) is 3. The van der Waals surface area contributed by atoms with Gasteiger partial charge >= 0.3 is 0 Å². The van der Waals surface area contributed by atoms with Crippen LogP contribution in [0.5, 0.6) is 0 Å². The van der Waals surface area contributed by atoms with Crippen LogP contribution in [0.4, 0.5) is 0 Å². The van der Waals surface area contributed by atoms with Crippen LogP contribution in [-0.2, 0) is 0 Å². The number of nitrogens with one attached hydrogen (secondary N) is 1. The molecule has 0 spiro atoms. The Morgan fingerprint density at radius 3 is 2.43 bits per heavy atom. The quantitative estimate of drug-likeness (QED) is 0.810. The maximum absolute atomic E-state index is 9.32. The van der Waals surface area contributed by atoms with Crippen LogP contribution in [0.25, 0.3) is 0 Å². The number of nitrogens with zero attached hydrogens (tertiary/aromatic N) is 1. The maximum Gasteiger partial charge on any atom is 0.0449 e. The number of likely N-dealkylation sites (tertiary alicyclic amines) is 1. The number of aliphatic hydroxyl groups excluding tert-OH is 1. The van der Waals surface area contributed by atoms with Gasteiger partial charge in [-0.25, -0.2) is 0 Å². The fourth-order valence-electron chi connectivity index (χ4n) is 3.24. The number of aliphatic hydroxyl groups is 1. The molecule has 1 saturated heterocycles. The third-order valence-electron chi connectivity index (χ3n) is 4.27. The third kappa shape index (κ3) is 5.42. The van der Waals surface area contributed by atoms with Gasteiger partial charge in [0, 0.05) is 25.2 Å². The van der Waals surface area contributed by atoms with E-state index in [0.29, 0.717) is 6.04 Å². The summed E-state index contributed by atoms with van der Waals surface area (Å²) in [6, 6.07) is 11.4. The van der Waals surface area contributed by atoms with Crippen LogP contribution in [0, 0.1) is 5.92 Å². The van der Waals surface area contributed by atoms with Crippen molar-refractivity contribution in [3.8, 4) is 0 Å². The largest absolute Gasteiger partial charge is 0.396 e. The van der Waals surface area contributed by atoms with Crippen molar-refractivity contribution >= 4 is 0 Å². The van der Waals surface area contributed by atoms with Crippen molar-refractivity contribution in [2.45, 2.75) is 45.2 Å². The summed E-state index contributed by atoms with van der Waals surface area (Å²) in [5, 5.41) is 13.1. The molecule has 0 saturated carbocycles. The first-order valence-electron chi connectivity index (χ1n) is 8.33. The SMILES string of the molecule is CC(C)CN1CCC(N[C@H](CCO)c2ccccc2)CC1. The van der Waals surface area contributed by atoms with Crippen molar-refractivity contribution in [1.29, 1.82) is 0 Å². The summed E-state index contributed by atoms with van der Waals surface area (Å²) in [5.74, 6) is 0.751. The molecule has 1 aliphatic rings. The van der Waals surface area contributed by atoms with Gasteiger partial charge in [0.05, 0.1) is 0 Å². The van der Waals surface area contributed by atoms with E-state index in [1.807, 2.05) is 6.07 Å². The first-order valence-corrected chi connectivity index (χ1v) is 8.33. The average Bonchev–Trinajstić information content (AvgIpc) is 2.49. The lowest BCUT2D eigenvalue weighted by molar-refractivity contribution is 0.169. The van der Waals surface area contributed by atoms with Gasteiger partial charge in [-0.05, 0) is 43.8 Å². The van der Waals surface area contributed by atoms with Gasteiger partial charge < -0.3 is 15.3 Å².